The van der Waals surface area contributed by atoms with Crippen LogP contribution in [0.15, 0.2) is 41.3 Å². The fourth-order valence-corrected chi connectivity index (χ4v) is 5.98. The molecule has 7 heteroatoms. The Bertz CT molecular complexity index is 1060. The number of carbonyl (C=O) groups is 1. The van der Waals surface area contributed by atoms with Gasteiger partial charge in [0, 0.05) is 23.7 Å². The highest BCUT2D eigenvalue weighted by molar-refractivity contribution is 5.91. The van der Waals surface area contributed by atoms with Gasteiger partial charge in [-0.05, 0) is 93.4 Å². The molecule has 0 aliphatic heterocycles. The number of carbonyl (C=O) groups excluding carboxylic acids is 1. The molecule has 3 aliphatic rings. The molecule has 33 heavy (non-hydrogen) atoms. The highest BCUT2D eigenvalue weighted by atomic mass is 16.2. The van der Waals surface area contributed by atoms with Crippen LogP contribution >= 0.6 is 0 Å². The van der Waals surface area contributed by atoms with Gasteiger partial charge in [0.1, 0.15) is 5.82 Å². The van der Waals surface area contributed by atoms with Gasteiger partial charge in [0.05, 0.1) is 5.69 Å². The van der Waals surface area contributed by atoms with Crippen LogP contribution in [0.25, 0.3) is 5.69 Å². The number of aromatic nitrogens is 2. The van der Waals surface area contributed by atoms with E-state index in [9.17, 15) is 9.59 Å². The zero-order chi connectivity index (χ0) is 23.2. The predicted octanol–water partition coefficient (Wildman–Crippen LogP) is 2.99. The van der Waals surface area contributed by atoms with Crippen LogP contribution in [0, 0.1) is 23.7 Å². The fourth-order valence-electron chi connectivity index (χ4n) is 5.98. The molecule has 176 valence electrons. The van der Waals surface area contributed by atoms with Crippen molar-refractivity contribution in [2.24, 2.45) is 35.1 Å². The quantitative estimate of drug-likeness (QED) is 0.607. The molecule has 0 radical (unpaired) electrons. The minimum absolute atomic E-state index is 0.0767. The first-order valence-corrected chi connectivity index (χ1v) is 12.3. The number of rotatable bonds is 5. The van der Waals surface area contributed by atoms with Crippen molar-refractivity contribution in [1.29, 1.82) is 0 Å². The molecule has 1 heterocycles. The zero-order valence-electron chi connectivity index (χ0n) is 19.4. The van der Waals surface area contributed by atoms with Crippen LogP contribution in [0.2, 0.25) is 0 Å². The molecule has 1 aromatic carbocycles. The molecular formula is C26H35N5O2. The van der Waals surface area contributed by atoms with Crippen LogP contribution in [0.4, 0.5) is 5.82 Å². The first-order valence-electron chi connectivity index (χ1n) is 12.3. The summed E-state index contributed by atoms with van der Waals surface area (Å²) >= 11 is 0. The van der Waals surface area contributed by atoms with E-state index in [2.05, 4.69) is 22.4 Å². The van der Waals surface area contributed by atoms with Crippen molar-refractivity contribution < 1.29 is 4.79 Å². The van der Waals surface area contributed by atoms with Crippen LogP contribution in [-0.4, -0.2) is 27.0 Å². The molecule has 2 aromatic rings. The highest BCUT2D eigenvalue weighted by Gasteiger charge is 2.53. The van der Waals surface area contributed by atoms with E-state index in [0.717, 1.165) is 62.0 Å². The number of nitrogens with two attached hydrogens (primary N) is 2. The molecule has 3 aliphatic carbocycles. The molecule has 3 unspecified atom stereocenters. The molecule has 0 spiro atoms. The largest absolute Gasteiger partial charge is 0.354 e. The van der Waals surface area contributed by atoms with Gasteiger partial charge in [-0.25, -0.2) is 4.79 Å². The number of benzene rings is 1. The maximum absolute atomic E-state index is 12.7. The predicted molar refractivity (Wildman–Crippen MR) is 129 cm³/mol. The number of amides is 1. The lowest BCUT2D eigenvalue weighted by molar-refractivity contribution is -0.120. The van der Waals surface area contributed by atoms with E-state index >= 15 is 0 Å². The van der Waals surface area contributed by atoms with E-state index in [4.69, 9.17) is 11.5 Å². The smallest absolute Gasteiger partial charge is 0.327 e. The van der Waals surface area contributed by atoms with Crippen LogP contribution in [0.5, 0.6) is 0 Å². The monoisotopic (exact) mass is 449 g/mol. The van der Waals surface area contributed by atoms with Gasteiger partial charge in [0.2, 0.25) is 5.91 Å². The Morgan fingerprint density at radius 2 is 1.88 bits per heavy atom. The van der Waals surface area contributed by atoms with Crippen LogP contribution < -0.4 is 22.5 Å². The van der Waals surface area contributed by atoms with Crippen molar-refractivity contribution in [3.8, 4) is 5.69 Å². The maximum atomic E-state index is 12.7. The second-order valence-electron chi connectivity index (χ2n) is 10.8. The van der Waals surface area contributed by atoms with Gasteiger partial charge in [0.25, 0.3) is 0 Å². The van der Waals surface area contributed by atoms with Gasteiger partial charge in [-0.3, -0.25) is 9.36 Å². The van der Waals surface area contributed by atoms with Gasteiger partial charge in [-0.1, -0.05) is 18.6 Å². The van der Waals surface area contributed by atoms with Gasteiger partial charge >= 0.3 is 5.69 Å². The summed E-state index contributed by atoms with van der Waals surface area (Å²) in [4.78, 5) is 29.5. The van der Waals surface area contributed by atoms with Crippen molar-refractivity contribution in [3.63, 3.8) is 0 Å². The van der Waals surface area contributed by atoms with E-state index in [0.29, 0.717) is 11.9 Å². The number of nitrogens with one attached hydrogen (secondary N) is 1. The molecule has 1 amide bonds. The molecule has 0 bridgehead atoms. The number of anilines is 1. The molecule has 5 rings (SSSR count). The first-order chi connectivity index (χ1) is 15.8. The van der Waals surface area contributed by atoms with E-state index in [1.54, 1.807) is 12.3 Å². The Hall–Kier alpha value is -2.51. The fraction of sp³-hybridized carbons (Fsp3) is 0.577. The Morgan fingerprint density at radius 1 is 1.15 bits per heavy atom. The van der Waals surface area contributed by atoms with Crippen molar-refractivity contribution in [2.75, 3.05) is 5.32 Å². The Kier molecular flexibility index (Phi) is 5.87. The molecule has 5 N–H and O–H groups in total. The number of hydrogen-bond donors (Lipinski definition) is 3. The maximum Gasteiger partial charge on any atom is 0.354 e. The summed E-state index contributed by atoms with van der Waals surface area (Å²) in [6.07, 6.45) is 9.51. The molecule has 0 saturated heterocycles. The summed E-state index contributed by atoms with van der Waals surface area (Å²) in [7, 11) is 0. The van der Waals surface area contributed by atoms with Crippen molar-refractivity contribution in [3.05, 3.63) is 52.6 Å². The zero-order valence-corrected chi connectivity index (χ0v) is 19.4. The summed E-state index contributed by atoms with van der Waals surface area (Å²) in [5.41, 5.74) is 13.8. The average molecular weight is 450 g/mol. The van der Waals surface area contributed by atoms with Crippen LogP contribution in [0.3, 0.4) is 0 Å². The summed E-state index contributed by atoms with van der Waals surface area (Å²) in [6.45, 7) is 2.05. The van der Waals surface area contributed by atoms with Crippen LogP contribution in [-0.2, 0) is 11.2 Å². The van der Waals surface area contributed by atoms with E-state index < -0.39 is 5.69 Å². The highest BCUT2D eigenvalue weighted by Crippen LogP contribution is 2.54. The third kappa shape index (κ3) is 4.89. The van der Waals surface area contributed by atoms with Crippen molar-refractivity contribution in [1.82, 2.24) is 9.55 Å². The third-order valence-corrected chi connectivity index (χ3v) is 8.14. The van der Waals surface area contributed by atoms with Gasteiger partial charge in [0.15, 0.2) is 0 Å². The normalized spacial score (nSPS) is 33.2. The van der Waals surface area contributed by atoms with Crippen molar-refractivity contribution >= 4 is 11.7 Å². The van der Waals surface area contributed by atoms with E-state index in [-0.39, 0.29) is 17.4 Å². The number of fused-ring (bicyclic) bond motifs is 1. The molecule has 3 saturated carbocycles. The molecule has 7 nitrogen and oxygen atoms in total. The molecule has 3 fully saturated rings. The molecular weight excluding hydrogens is 414 g/mol. The first kappa shape index (κ1) is 22.3. The molecule has 6 atom stereocenters. The minimum atomic E-state index is -0.402. The van der Waals surface area contributed by atoms with Gasteiger partial charge in [-0.15, -0.1) is 0 Å². The van der Waals surface area contributed by atoms with Crippen molar-refractivity contribution in [2.45, 2.75) is 69.9 Å². The SMILES string of the molecule is CC1(N)CCCC(C(=O)Nc2ccn(-c3ccc(CC4C[C@@H]5[C@@H](N)[C@@H]5C4)cc3)c(=O)n2)CC1. The summed E-state index contributed by atoms with van der Waals surface area (Å²) < 4.78 is 1.51. The summed E-state index contributed by atoms with van der Waals surface area (Å²) in [5.74, 6) is 2.36. The standard InChI is InChI=1S/C26H35N5O2/c1-26(28)10-2-3-18(8-11-26)24(32)29-22-9-12-31(25(33)30-22)19-6-4-16(5-7-19)13-17-14-20-21(15-17)23(20)27/h4-7,9,12,17-18,20-21,23H,2-3,8,10-11,13-15,27-28H2,1H3,(H,29,30,32,33)/t17?,18?,20-,21+,23+,26?. The Morgan fingerprint density at radius 3 is 2.58 bits per heavy atom. The van der Waals surface area contributed by atoms with E-state index in [1.807, 2.05) is 19.1 Å². The lowest BCUT2D eigenvalue weighted by Crippen LogP contribution is -2.35. The number of nitrogens with zero attached hydrogens (tertiary/aromatic N) is 2. The number of hydrogen-bond acceptors (Lipinski definition) is 5. The van der Waals surface area contributed by atoms with E-state index in [1.165, 1.54) is 23.0 Å². The second-order valence-corrected chi connectivity index (χ2v) is 10.8. The van der Waals surface area contributed by atoms with Gasteiger partial charge < -0.3 is 16.8 Å². The topological polar surface area (TPSA) is 116 Å². The third-order valence-electron chi connectivity index (χ3n) is 8.14. The Labute approximate surface area is 195 Å². The minimum Gasteiger partial charge on any atom is -0.327 e. The van der Waals surface area contributed by atoms with Gasteiger partial charge in [-0.2, -0.15) is 4.98 Å². The van der Waals surface area contributed by atoms with Crippen LogP contribution in [0.1, 0.15) is 57.4 Å². The molecule has 1 aromatic heterocycles. The summed E-state index contributed by atoms with van der Waals surface area (Å²) in [6, 6.07) is 10.3. The lowest BCUT2D eigenvalue weighted by atomic mass is 9.93. The Balaban J connectivity index is 1.20. The lowest BCUT2D eigenvalue weighted by Gasteiger charge is -2.21. The second kappa shape index (κ2) is 8.69. The average Bonchev–Trinajstić information content (AvgIpc) is 3.22. The summed E-state index contributed by atoms with van der Waals surface area (Å²) in [5, 5.41) is 2.83.